The molecule has 1 aliphatic carbocycles. The van der Waals surface area contributed by atoms with Crippen molar-refractivity contribution in [3.63, 3.8) is 0 Å². The fraction of sp³-hybridized carbons (Fsp3) is 0.562. The normalized spacial score (nSPS) is 15.3. The Bertz CT molecular complexity index is 406. The van der Waals surface area contributed by atoms with E-state index in [9.17, 15) is 4.79 Å². The van der Waals surface area contributed by atoms with Crippen LogP contribution < -0.4 is 5.73 Å². The Morgan fingerprint density at radius 2 is 2.00 bits per heavy atom. The highest BCUT2D eigenvalue weighted by molar-refractivity contribution is 5.85. The molecule has 1 amide bonds. The first-order chi connectivity index (χ1) is 9.20. The van der Waals surface area contributed by atoms with Gasteiger partial charge < -0.3 is 10.6 Å². The third-order valence-electron chi connectivity index (χ3n) is 3.60. The predicted molar refractivity (Wildman–Crippen MR) is 85.0 cm³/mol. The largest absolute Gasteiger partial charge is 0.341 e. The average molecular weight is 297 g/mol. The van der Waals surface area contributed by atoms with E-state index in [-0.39, 0.29) is 18.3 Å². The summed E-state index contributed by atoms with van der Waals surface area (Å²) in [5, 5.41) is 0. The van der Waals surface area contributed by atoms with Crippen LogP contribution in [0, 0.1) is 5.92 Å². The lowest BCUT2D eigenvalue weighted by Gasteiger charge is -2.25. The Morgan fingerprint density at radius 1 is 1.35 bits per heavy atom. The van der Waals surface area contributed by atoms with Gasteiger partial charge >= 0.3 is 0 Å². The monoisotopic (exact) mass is 296 g/mol. The highest BCUT2D eigenvalue weighted by atomic mass is 35.5. The summed E-state index contributed by atoms with van der Waals surface area (Å²) in [6.45, 7) is 3.84. The van der Waals surface area contributed by atoms with Crippen molar-refractivity contribution >= 4 is 18.3 Å². The quantitative estimate of drug-likeness (QED) is 0.841. The Kier molecular flexibility index (Phi) is 7.03. The van der Waals surface area contributed by atoms with E-state index in [4.69, 9.17) is 5.73 Å². The Labute approximate surface area is 127 Å². The van der Waals surface area contributed by atoms with E-state index in [1.54, 1.807) is 0 Å². The minimum absolute atomic E-state index is 0. The topological polar surface area (TPSA) is 46.3 Å². The molecule has 20 heavy (non-hydrogen) atoms. The van der Waals surface area contributed by atoms with Gasteiger partial charge in [-0.05, 0) is 37.2 Å². The molecule has 112 valence electrons. The van der Waals surface area contributed by atoms with Crippen molar-refractivity contribution in [1.82, 2.24) is 4.90 Å². The zero-order valence-corrected chi connectivity index (χ0v) is 12.9. The fourth-order valence-electron chi connectivity index (χ4n) is 2.36. The van der Waals surface area contributed by atoms with Crippen molar-refractivity contribution in [3.8, 4) is 0 Å². The predicted octanol–water partition coefficient (Wildman–Crippen LogP) is 2.63. The van der Waals surface area contributed by atoms with E-state index >= 15 is 0 Å². The van der Waals surface area contributed by atoms with Gasteiger partial charge in [0.25, 0.3) is 0 Å². The molecule has 0 aromatic heterocycles. The molecular formula is C16H25ClN2O. The summed E-state index contributed by atoms with van der Waals surface area (Å²) in [5.74, 6) is 0.831. The number of halogens is 1. The van der Waals surface area contributed by atoms with Gasteiger partial charge in [0.2, 0.25) is 5.91 Å². The zero-order valence-electron chi connectivity index (χ0n) is 12.1. The third-order valence-corrected chi connectivity index (χ3v) is 3.60. The molecule has 0 aliphatic heterocycles. The SMILES string of the molecule is CCCN(CC1CC1)C(=O)C(N)Cc1ccccc1.Cl. The summed E-state index contributed by atoms with van der Waals surface area (Å²) in [7, 11) is 0. The number of hydrogen-bond donors (Lipinski definition) is 1. The maximum absolute atomic E-state index is 12.4. The lowest BCUT2D eigenvalue weighted by atomic mass is 10.1. The van der Waals surface area contributed by atoms with Crippen LogP contribution in [0.25, 0.3) is 0 Å². The second-order valence-electron chi connectivity index (χ2n) is 5.52. The van der Waals surface area contributed by atoms with Crippen molar-refractivity contribution in [1.29, 1.82) is 0 Å². The van der Waals surface area contributed by atoms with Crippen LogP contribution in [-0.4, -0.2) is 29.9 Å². The standard InChI is InChI=1S/C16H24N2O.ClH/c1-2-10-18(12-14-8-9-14)16(19)15(17)11-13-6-4-3-5-7-13;/h3-7,14-15H,2,8-12,17H2,1H3;1H. The minimum atomic E-state index is -0.410. The maximum atomic E-state index is 12.4. The average Bonchev–Trinajstić information content (AvgIpc) is 3.22. The summed E-state index contributed by atoms with van der Waals surface area (Å²) < 4.78 is 0. The molecule has 4 heteroatoms. The van der Waals surface area contributed by atoms with Crippen LogP contribution >= 0.6 is 12.4 Å². The van der Waals surface area contributed by atoms with Crippen LogP contribution in [0.15, 0.2) is 30.3 Å². The van der Waals surface area contributed by atoms with E-state index < -0.39 is 6.04 Å². The van der Waals surface area contributed by atoms with E-state index in [2.05, 4.69) is 6.92 Å². The molecule has 0 radical (unpaired) electrons. The molecule has 1 aliphatic rings. The van der Waals surface area contributed by atoms with Crippen LogP contribution in [0.5, 0.6) is 0 Å². The van der Waals surface area contributed by atoms with Gasteiger partial charge in [-0.3, -0.25) is 4.79 Å². The molecule has 0 heterocycles. The molecule has 2 rings (SSSR count). The van der Waals surface area contributed by atoms with Crippen molar-refractivity contribution < 1.29 is 4.79 Å². The van der Waals surface area contributed by atoms with Crippen molar-refractivity contribution in [3.05, 3.63) is 35.9 Å². The van der Waals surface area contributed by atoms with Gasteiger partial charge in [-0.2, -0.15) is 0 Å². The zero-order chi connectivity index (χ0) is 13.7. The van der Waals surface area contributed by atoms with Crippen LogP contribution in [0.2, 0.25) is 0 Å². The molecule has 1 unspecified atom stereocenters. The van der Waals surface area contributed by atoms with Crippen LogP contribution in [0.4, 0.5) is 0 Å². The molecule has 0 saturated heterocycles. The number of hydrogen-bond acceptors (Lipinski definition) is 2. The van der Waals surface area contributed by atoms with Crippen molar-refractivity contribution in [2.75, 3.05) is 13.1 Å². The number of benzene rings is 1. The smallest absolute Gasteiger partial charge is 0.239 e. The fourth-order valence-corrected chi connectivity index (χ4v) is 2.36. The van der Waals surface area contributed by atoms with E-state index in [0.717, 1.165) is 31.0 Å². The van der Waals surface area contributed by atoms with Gasteiger partial charge in [0, 0.05) is 13.1 Å². The summed E-state index contributed by atoms with van der Waals surface area (Å²) >= 11 is 0. The molecule has 1 aromatic carbocycles. The van der Waals surface area contributed by atoms with Crippen molar-refractivity contribution in [2.24, 2.45) is 11.7 Å². The van der Waals surface area contributed by atoms with Gasteiger partial charge in [0.1, 0.15) is 0 Å². The van der Waals surface area contributed by atoms with Gasteiger partial charge in [-0.1, -0.05) is 37.3 Å². The molecular weight excluding hydrogens is 272 g/mol. The lowest BCUT2D eigenvalue weighted by Crippen LogP contribution is -2.46. The number of rotatable bonds is 7. The van der Waals surface area contributed by atoms with E-state index in [0.29, 0.717) is 6.42 Å². The van der Waals surface area contributed by atoms with Gasteiger partial charge in [-0.25, -0.2) is 0 Å². The number of nitrogens with two attached hydrogens (primary N) is 1. The molecule has 1 atom stereocenters. The summed E-state index contributed by atoms with van der Waals surface area (Å²) in [5.41, 5.74) is 7.22. The molecule has 2 N–H and O–H groups in total. The number of nitrogens with zero attached hydrogens (tertiary/aromatic N) is 1. The number of carbonyl (C=O) groups excluding carboxylic acids is 1. The van der Waals surface area contributed by atoms with Gasteiger partial charge in [0.05, 0.1) is 6.04 Å². The minimum Gasteiger partial charge on any atom is -0.341 e. The lowest BCUT2D eigenvalue weighted by molar-refractivity contribution is -0.132. The van der Waals surface area contributed by atoms with Gasteiger partial charge in [0.15, 0.2) is 0 Å². The second kappa shape index (κ2) is 8.28. The second-order valence-corrected chi connectivity index (χ2v) is 5.52. The molecule has 1 aromatic rings. The first-order valence-electron chi connectivity index (χ1n) is 7.29. The summed E-state index contributed by atoms with van der Waals surface area (Å²) in [4.78, 5) is 14.4. The van der Waals surface area contributed by atoms with Crippen LogP contribution in [0.3, 0.4) is 0 Å². The highest BCUT2D eigenvalue weighted by Gasteiger charge is 2.28. The van der Waals surface area contributed by atoms with Crippen LogP contribution in [-0.2, 0) is 11.2 Å². The van der Waals surface area contributed by atoms with Crippen molar-refractivity contribution in [2.45, 2.75) is 38.6 Å². The summed E-state index contributed by atoms with van der Waals surface area (Å²) in [6.07, 6.45) is 4.16. The Hall–Kier alpha value is -1.06. The molecule has 0 spiro atoms. The summed E-state index contributed by atoms with van der Waals surface area (Å²) in [6, 6.07) is 9.60. The van der Waals surface area contributed by atoms with E-state index in [1.165, 1.54) is 12.8 Å². The number of carbonyl (C=O) groups is 1. The van der Waals surface area contributed by atoms with Gasteiger partial charge in [-0.15, -0.1) is 12.4 Å². The number of amides is 1. The first kappa shape index (κ1) is 17.0. The van der Waals surface area contributed by atoms with E-state index in [1.807, 2.05) is 35.2 Å². The maximum Gasteiger partial charge on any atom is 0.239 e. The molecule has 3 nitrogen and oxygen atoms in total. The Balaban J connectivity index is 0.00000200. The highest BCUT2D eigenvalue weighted by Crippen LogP contribution is 2.29. The molecule has 0 bridgehead atoms. The molecule has 1 saturated carbocycles. The third kappa shape index (κ3) is 5.14. The first-order valence-corrected chi connectivity index (χ1v) is 7.29. The van der Waals surface area contributed by atoms with Crippen LogP contribution in [0.1, 0.15) is 31.7 Å². The molecule has 1 fully saturated rings. The Morgan fingerprint density at radius 3 is 2.55 bits per heavy atom.